The van der Waals surface area contributed by atoms with Crippen molar-refractivity contribution in [1.29, 1.82) is 0 Å². The van der Waals surface area contributed by atoms with Gasteiger partial charge in [-0.3, -0.25) is 29.0 Å². The molecular weight excluding hydrogens is 1110 g/mol. The molecule has 2 fully saturated rings. The third-order valence-electron chi connectivity index (χ3n) is 15.3. The lowest BCUT2D eigenvalue weighted by molar-refractivity contribution is -0.141. The van der Waals surface area contributed by atoms with Crippen molar-refractivity contribution < 1.29 is 55.1 Å². The van der Waals surface area contributed by atoms with Crippen molar-refractivity contribution in [2.75, 3.05) is 53.4 Å². The van der Waals surface area contributed by atoms with E-state index in [0.29, 0.717) is 51.6 Å². The van der Waals surface area contributed by atoms with E-state index in [-0.39, 0.29) is 36.0 Å². The lowest BCUT2D eigenvalue weighted by Gasteiger charge is -2.38. The number of sulfonamides is 2. The Bertz CT molecular complexity index is 2770. The quantitative estimate of drug-likeness (QED) is 0.0985. The molecule has 3 aromatic rings. The highest BCUT2D eigenvalue weighted by molar-refractivity contribution is 7.89. The molecule has 6 atom stereocenters. The first-order valence-corrected chi connectivity index (χ1v) is 32.0. The summed E-state index contributed by atoms with van der Waals surface area (Å²) in [5, 5.41) is 5.80. The summed E-state index contributed by atoms with van der Waals surface area (Å²) in [4.78, 5) is 88.2. The van der Waals surface area contributed by atoms with Gasteiger partial charge in [0.05, 0.1) is 9.79 Å². The molecule has 3 aromatic carbocycles. The lowest BCUT2D eigenvalue weighted by Crippen LogP contribution is -2.59. The van der Waals surface area contributed by atoms with Gasteiger partial charge in [0, 0.05) is 65.4 Å². The maximum absolute atomic E-state index is 15.0. The van der Waals surface area contributed by atoms with Gasteiger partial charge in [0.1, 0.15) is 35.4 Å². The second-order valence-corrected chi connectivity index (χ2v) is 30.3. The van der Waals surface area contributed by atoms with Crippen molar-refractivity contribution in [3.05, 3.63) is 96.1 Å². The summed E-state index contributed by atoms with van der Waals surface area (Å²) < 4.78 is 73.8. The van der Waals surface area contributed by atoms with Gasteiger partial charge in [0.25, 0.3) is 0 Å². The van der Waals surface area contributed by atoms with Crippen molar-refractivity contribution in [3.63, 3.8) is 0 Å². The number of nitrogens with zero attached hydrogens (tertiary/aromatic N) is 6. The van der Waals surface area contributed by atoms with Crippen molar-refractivity contribution in [2.24, 2.45) is 10.8 Å². The second kappa shape index (κ2) is 27.9. The summed E-state index contributed by atoms with van der Waals surface area (Å²) in [5.74, 6) is -1.91. The number of carbonyl (C=O) groups excluding carboxylic acids is 6. The van der Waals surface area contributed by atoms with E-state index in [4.69, 9.17) is 9.47 Å². The Kier molecular flexibility index (Phi) is 22.9. The predicted octanol–water partition coefficient (Wildman–Crippen LogP) is 7.71. The fourth-order valence-electron chi connectivity index (χ4n) is 10.1. The molecule has 466 valence electrons. The molecule has 2 heterocycles. The van der Waals surface area contributed by atoms with Crippen molar-refractivity contribution in [3.8, 4) is 0 Å². The van der Waals surface area contributed by atoms with Crippen LogP contribution >= 0.6 is 0 Å². The molecule has 2 aliphatic heterocycles. The Hall–Kier alpha value is -6.10. The van der Waals surface area contributed by atoms with E-state index in [1.54, 1.807) is 65.2 Å². The minimum Gasteiger partial charge on any atom is -0.444 e. The van der Waals surface area contributed by atoms with Crippen LogP contribution < -0.4 is 10.6 Å². The molecule has 0 aromatic heterocycles. The lowest BCUT2D eigenvalue weighted by atomic mass is 9.85. The number of hydrogen-bond acceptors (Lipinski definition) is 12. The minimum atomic E-state index is -4.36. The SMILES string of the molecule is C[C@@H](C(=O)N[C@H](C(=O)N1CCC[C@H]1CN(CCc1ccccc1)S(=O)(=O)c1ccc(S(=O)(=O)N(CCc2ccccc2)C[C@@H]2CCCN2C(=O)[C@@H](NC(=O)[C@H](C)N(C)C(=O)OC(C)(C)C)C(C)(C)C)cc1)C(C)(C)C)N(C)C(=O)OC(C)(C)C. The number of ether oxygens (including phenoxy) is 2. The van der Waals surface area contributed by atoms with E-state index < -0.39 is 114 Å². The molecule has 0 radical (unpaired) electrons. The second-order valence-electron chi connectivity index (χ2n) is 26.5. The molecule has 6 amide bonds. The maximum Gasteiger partial charge on any atom is 0.410 e. The molecule has 0 aliphatic carbocycles. The van der Waals surface area contributed by atoms with Gasteiger partial charge >= 0.3 is 12.2 Å². The summed E-state index contributed by atoms with van der Waals surface area (Å²) in [6, 6.07) is 18.7. The Morgan fingerprint density at radius 3 is 1.12 bits per heavy atom. The number of hydrogen-bond donors (Lipinski definition) is 2. The van der Waals surface area contributed by atoms with Crippen LogP contribution in [0.1, 0.15) is 134 Å². The average molecular weight is 1210 g/mol. The normalized spacial score (nSPS) is 17.7. The van der Waals surface area contributed by atoms with Gasteiger partial charge in [-0.15, -0.1) is 0 Å². The summed E-state index contributed by atoms with van der Waals surface area (Å²) in [6.07, 6.45) is 1.37. The number of likely N-dealkylation sites (tertiary alicyclic amines) is 2. The van der Waals surface area contributed by atoms with Crippen LogP contribution in [0.3, 0.4) is 0 Å². The van der Waals surface area contributed by atoms with Crippen LogP contribution in [0.15, 0.2) is 94.7 Å². The third kappa shape index (κ3) is 18.5. The number of carbonyl (C=O) groups is 6. The molecular formula is C62H94N8O12S2. The van der Waals surface area contributed by atoms with Crippen LogP contribution in [0.4, 0.5) is 9.59 Å². The van der Waals surface area contributed by atoms with Crippen molar-refractivity contribution in [1.82, 2.24) is 38.8 Å². The van der Waals surface area contributed by atoms with Crippen LogP contribution in [0.25, 0.3) is 0 Å². The smallest absolute Gasteiger partial charge is 0.410 e. The topological polar surface area (TPSA) is 233 Å². The molecule has 22 heteroatoms. The molecule has 84 heavy (non-hydrogen) atoms. The molecule has 0 spiro atoms. The van der Waals surface area contributed by atoms with Gasteiger partial charge in [-0.25, -0.2) is 26.4 Å². The van der Waals surface area contributed by atoms with Gasteiger partial charge < -0.3 is 29.9 Å². The summed E-state index contributed by atoms with van der Waals surface area (Å²) in [5.41, 5.74) is -1.43. The number of likely N-dealkylation sites (N-methyl/N-ethyl adjacent to an activating group) is 2. The Labute approximate surface area is 500 Å². The summed E-state index contributed by atoms with van der Waals surface area (Å²) in [6.45, 7) is 24.9. The van der Waals surface area contributed by atoms with Gasteiger partial charge in [-0.2, -0.15) is 8.61 Å². The molecule has 2 N–H and O–H groups in total. The third-order valence-corrected chi connectivity index (χ3v) is 19.1. The standard InChI is InChI=1S/C62H94N8O12S2/c1-43(65(15)57(75)81-61(9,10)11)53(71)63-51(59(3,4)5)55(73)69-37-23-29-47(69)41-67(39-35-45-25-19-17-20-26-45)83(77,78)49-31-33-50(34-32-49)84(79,80)68(40-36-46-27-21-18-22-28-46)42-48-30-24-38-70(48)56(74)52(60(6,7)8)64-54(72)44(2)66(16)58(76)82-62(12,13)14/h17-22,25-28,31-34,43-44,47-48,51-52H,23-24,29-30,35-42H2,1-16H3,(H,63,71)(H,64,72)/t43-,44-,47-,48-,51+,52+/m0/s1. The average Bonchev–Trinajstić information content (AvgIpc) is 2.84. The van der Waals surface area contributed by atoms with E-state index in [1.807, 2.05) is 102 Å². The summed E-state index contributed by atoms with van der Waals surface area (Å²) in [7, 11) is -5.83. The Morgan fingerprint density at radius 2 is 0.833 bits per heavy atom. The molecule has 2 aliphatic rings. The monoisotopic (exact) mass is 1210 g/mol. The van der Waals surface area contributed by atoms with Gasteiger partial charge in [-0.1, -0.05) is 102 Å². The highest BCUT2D eigenvalue weighted by Gasteiger charge is 2.45. The van der Waals surface area contributed by atoms with Gasteiger partial charge in [-0.05, 0) is 140 Å². The van der Waals surface area contributed by atoms with Crippen molar-refractivity contribution >= 4 is 55.9 Å². The number of nitrogens with one attached hydrogen (secondary N) is 2. The Morgan fingerprint density at radius 1 is 0.524 bits per heavy atom. The molecule has 0 saturated carbocycles. The van der Waals surface area contributed by atoms with E-state index in [2.05, 4.69) is 10.6 Å². The molecule has 0 bridgehead atoms. The van der Waals surface area contributed by atoms with Crippen LogP contribution in [0.5, 0.6) is 0 Å². The largest absolute Gasteiger partial charge is 0.444 e. The number of rotatable bonds is 22. The van der Waals surface area contributed by atoms with Gasteiger partial charge in [0.2, 0.25) is 43.7 Å². The first-order chi connectivity index (χ1) is 38.8. The highest BCUT2D eigenvalue weighted by Crippen LogP contribution is 2.31. The van der Waals surface area contributed by atoms with E-state index >= 15 is 16.8 Å². The molecule has 20 nitrogen and oxygen atoms in total. The molecule has 5 rings (SSSR count). The zero-order valence-electron chi connectivity index (χ0n) is 52.4. The van der Waals surface area contributed by atoms with Crippen LogP contribution in [0.2, 0.25) is 0 Å². The van der Waals surface area contributed by atoms with E-state index in [9.17, 15) is 28.8 Å². The summed E-state index contributed by atoms with van der Waals surface area (Å²) >= 11 is 0. The van der Waals surface area contributed by atoms with Crippen molar-refractivity contribution in [2.45, 2.75) is 193 Å². The van der Waals surface area contributed by atoms with Gasteiger partial charge in [0.15, 0.2) is 0 Å². The fraction of sp³-hybridized carbons (Fsp3) is 0.613. The fourth-order valence-corrected chi connectivity index (χ4v) is 13.0. The van der Waals surface area contributed by atoms with E-state index in [1.165, 1.54) is 56.8 Å². The first-order valence-electron chi connectivity index (χ1n) is 29.1. The van der Waals surface area contributed by atoms with Crippen LogP contribution in [-0.2, 0) is 61.5 Å². The zero-order chi connectivity index (χ0) is 62.9. The van der Waals surface area contributed by atoms with E-state index in [0.717, 1.165) is 11.1 Å². The minimum absolute atomic E-state index is 0.0324. The first kappa shape index (κ1) is 68.7. The molecule has 0 unspecified atom stereocenters. The zero-order valence-corrected chi connectivity index (χ0v) is 54.1. The number of benzene rings is 3. The van der Waals surface area contributed by atoms with Crippen LogP contribution in [-0.4, -0.2) is 182 Å². The maximum atomic E-state index is 15.0. The highest BCUT2D eigenvalue weighted by atomic mass is 32.2. The molecule has 2 saturated heterocycles. The Balaban J connectivity index is 1.42. The predicted molar refractivity (Wildman–Crippen MR) is 323 cm³/mol. The van der Waals surface area contributed by atoms with Crippen LogP contribution in [0, 0.1) is 10.8 Å². The number of amides is 6.